The molecular formula is C36H35N7O3. The molecule has 4 heterocycles. The third-order valence-corrected chi connectivity index (χ3v) is 8.87. The third kappa shape index (κ3) is 5.75. The van der Waals surface area contributed by atoms with Gasteiger partial charge < -0.3 is 15.7 Å². The van der Waals surface area contributed by atoms with Crippen molar-refractivity contribution in [2.45, 2.75) is 32.2 Å². The fourth-order valence-electron chi connectivity index (χ4n) is 6.32. The van der Waals surface area contributed by atoms with Gasteiger partial charge in [-0.15, -0.1) is 0 Å². The lowest BCUT2D eigenvalue weighted by atomic mass is 9.97. The summed E-state index contributed by atoms with van der Waals surface area (Å²) >= 11 is 0. The maximum atomic E-state index is 13.0. The average molecular weight is 614 g/mol. The topological polar surface area (TPSA) is 130 Å². The van der Waals surface area contributed by atoms with Crippen molar-refractivity contribution in [3.8, 4) is 22.8 Å². The Hall–Kier alpha value is -5.35. The van der Waals surface area contributed by atoms with E-state index in [2.05, 4.69) is 50.9 Å². The Labute approximate surface area is 266 Å². The number of phenolic OH excluding ortho intramolecular Hbond substituents is 1. The Bertz CT molecular complexity index is 1960. The quantitative estimate of drug-likeness (QED) is 0.230. The van der Waals surface area contributed by atoms with Crippen LogP contribution in [0.3, 0.4) is 0 Å². The average Bonchev–Trinajstić information content (AvgIpc) is 3.48. The number of pyridine rings is 2. The number of benzene rings is 2. The number of nitrogens with zero attached hydrogens (tertiary/aromatic N) is 6. The van der Waals surface area contributed by atoms with E-state index in [1.165, 1.54) is 30.5 Å². The fraction of sp³-hybridized carbons (Fsp3) is 0.250. The number of imidazole rings is 1. The lowest BCUT2D eigenvalue weighted by molar-refractivity contribution is 0.0628. The highest BCUT2D eigenvalue weighted by Gasteiger charge is 2.24. The summed E-state index contributed by atoms with van der Waals surface area (Å²) in [6.45, 7) is 3.36. The molecule has 0 atom stereocenters. The van der Waals surface area contributed by atoms with Crippen LogP contribution in [-0.2, 0) is 6.54 Å². The van der Waals surface area contributed by atoms with Gasteiger partial charge in [0.05, 0.1) is 16.8 Å². The maximum absolute atomic E-state index is 13.0. The number of amides is 1. The van der Waals surface area contributed by atoms with Crippen LogP contribution in [0.2, 0.25) is 0 Å². The monoisotopic (exact) mass is 613 g/mol. The first-order valence-corrected chi connectivity index (χ1v) is 15.7. The zero-order chi connectivity index (χ0) is 31.6. The molecule has 0 bridgehead atoms. The van der Waals surface area contributed by atoms with E-state index in [9.17, 15) is 14.7 Å². The SMILES string of the molecule is Nc1ncccc1-c1nc2ccc(C3=CCCCC3)nc2n1-c1ccc(CN2CCN(C(=O)c3ccc(O)c(C=O)c3)CC2)cc1. The fourth-order valence-corrected chi connectivity index (χ4v) is 6.32. The molecule has 1 amide bonds. The Morgan fingerprint density at radius 1 is 0.957 bits per heavy atom. The molecule has 3 aromatic heterocycles. The summed E-state index contributed by atoms with van der Waals surface area (Å²) in [4.78, 5) is 42.8. The molecule has 0 radical (unpaired) electrons. The second kappa shape index (κ2) is 12.6. The van der Waals surface area contributed by atoms with Crippen molar-refractivity contribution in [3.05, 3.63) is 101 Å². The molecule has 0 saturated carbocycles. The van der Waals surface area contributed by atoms with Crippen LogP contribution in [0.15, 0.2) is 79.0 Å². The predicted octanol–water partition coefficient (Wildman–Crippen LogP) is 5.50. The van der Waals surface area contributed by atoms with Gasteiger partial charge in [0, 0.05) is 50.2 Å². The molecule has 1 saturated heterocycles. The molecule has 10 heteroatoms. The molecule has 10 nitrogen and oxygen atoms in total. The summed E-state index contributed by atoms with van der Waals surface area (Å²) in [6.07, 6.45) is 9.05. The Morgan fingerprint density at radius 2 is 1.78 bits per heavy atom. The Morgan fingerprint density at radius 3 is 2.52 bits per heavy atom. The van der Waals surface area contributed by atoms with Gasteiger partial charge in [-0.2, -0.15) is 0 Å². The summed E-state index contributed by atoms with van der Waals surface area (Å²) in [5.41, 5.74) is 13.5. The van der Waals surface area contributed by atoms with Crippen molar-refractivity contribution in [1.29, 1.82) is 0 Å². The Kier molecular flexibility index (Phi) is 8.02. The summed E-state index contributed by atoms with van der Waals surface area (Å²) in [5, 5.41) is 9.78. The number of piperazine rings is 1. The van der Waals surface area contributed by atoms with Crippen molar-refractivity contribution < 1.29 is 14.7 Å². The summed E-state index contributed by atoms with van der Waals surface area (Å²) in [7, 11) is 0. The first kappa shape index (κ1) is 29.4. The van der Waals surface area contributed by atoms with Gasteiger partial charge in [-0.05, 0) is 91.4 Å². The number of aromatic hydroxyl groups is 1. The molecule has 232 valence electrons. The lowest BCUT2D eigenvalue weighted by Crippen LogP contribution is -2.48. The molecular weight excluding hydrogens is 578 g/mol. The minimum absolute atomic E-state index is 0.116. The minimum atomic E-state index is -0.138. The molecule has 3 N–H and O–H groups in total. The molecule has 0 unspecified atom stereocenters. The van der Waals surface area contributed by atoms with Gasteiger partial charge in [-0.25, -0.2) is 15.0 Å². The molecule has 1 aliphatic carbocycles. The second-order valence-electron chi connectivity index (χ2n) is 11.8. The number of aromatic nitrogens is 4. The standard InChI is InChI=1S/C36H35N7O3/c37-33-29(7-4-16-38-33)34-40-31-14-13-30(25-5-2-1-3-6-25)39-35(31)43(34)28-11-8-24(9-12-28)22-41-17-19-42(20-18-41)36(46)26-10-15-32(45)27(21-26)23-44/h4-5,7-16,21,23,45H,1-3,6,17-20,22H2,(H2,37,38). The molecule has 0 spiro atoms. The molecule has 1 aliphatic heterocycles. The number of carbonyl (C=O) groups is 2. The normalized spacial score (nSPS) is 15.6. The van der Waals surface area contributed by atoms with E-state index in [0.29, 0.717) is 36.6 Å². The van der Waals surface area contributed by atoms with Crippen molar-refractivity contribution in [2.75, 3.05) is 31.9 Å². The number of hydrogen-bond donors (Lipinski definition) is 2. The lowest BCUT2D eigenvalue weighted by Gasteiger charge is -2.35. The molecule has 1 fully saturated rings. The van der Waals surface area contributed by atoms with Crippen LogP contribution in [-0.4, -0.2) is 72.8 Å². The molecule has 2 aromatic carbocycles. The van der Waals surface area contributed by atoms with Gasteiger partial charge >= 0.3 is 0 Å². The molecule has 2 aliphatic rings. The van der Waals surface area contributed by atoms with Gasteiger partial charge in [-0.3, -0.25) is 19.1 Å². The predicted molar refractivity (Wildman–Crippen MR) is 178 cm³/mol. The number of anilines is 1. The number of hydrogen-bond acceptors (Lipinski definition) is 8. The van der Waals surface area contributed by atoms with Crippen molar-refractivity contribution in [3.63, 3.8) is 0 Å². The number of carbonyl (C=O) groups excluding carboxylic acids is 2. The van der Waals surface area contributed by atoms with Gasteiger partial charge in [0.1, 0.15) is 17.1 Å². The van der Waals surface area contributed by atoms with E-state index in [-0.39, 0.29) is 17.2 Å². The van der Waals surface area contributed by atoms with Crippen LogP contribution in [0, 0.1) is 0 Å². The van der Waals surface area contributed by atoms with Crippen molar-refractivity contribution in [2.24, 2.45) is 0 Å². The van der Waals surface area contributed by atoms with E-state index in [4.69, 9.17) is 15.7 Å². The zero-order valence-corrected chi connectivity index (χ0v) is 25.5. The number of allylic oxidation sites excluding steroid dienone is 2. The number of fused-ring (bicyclic) bond motifs is 1. The van der Waals surface area contributed by atoms with E-state index in [1.54, 1.807) is 17.2 Å². The van der Waals surface area contributed by atoms with Crippen LogP contribution in [0.1, 0.15) is 57.7 Å². The summed E-state index contributed by atoms with van der Waals surface area (Å²) in [6, 6.07) is 20.7. The highest BCUT2D eigenvalue weighted by Crippen LogP contribution is 2.33. The van der Waals surface area contributed by atoms with Crippen molar-refractivity contribution >= 4 is 34.7 Å². The van der Waals surface area contributed by atoms with E-state index in [1.807, 2.05) is 18.2 Å². The van der Waals surface area contributed by atoms with E-state index in [0.717, 1.165) is 66.1 Å². The highest BCUT2D eigenvalue weighted by molar-refractivity contribution is 5.96. The van der Waals surface area contributed by atoms with Gasteiger partial charge in [-0.1, -0.05) is 18.2 Å². The summed E-state index contributed by atoms with van der Waals surface area (Å²) in [5.74, 6) is 0.851. The maximum Gasteiger partial charge on any atom is 0.253 e. The largest absolute Gasteiger partial charge is 0.507 e. The first-order chi connectivity index (χ1) is 22.5. The zero-order valence-electron chi connectivity index (χ0n) is 25.5. The number of rotatable bonds is 7. The number of aldehydes is 1. The minimum Gasteiger partial charge on any atom is -0.507 e. The number of nitrogens with two attached hydrogens (primary N) is 1. The number of phenols is 1. The van der Waals surface area contributed by atoms with Crippen LogP contribution in [0.25, 0.3) is 33.8 Å². The van der Waals surface area contributed by atoms with Crippen LogP contribution in [0.4, 0.5) is 5.82 Å². The second-order valence-corrected chi connectivity index (χ2v) is 11.8. The highest BCUT2D eigenvalue weighted by atomic mass is 16.3. The van der Waals surface area contributed by atoms with E-state index >= 15 is 0 Å². The smallest absolute Gasteiger partial charge is 0.253 e. The van der Waals surface area contributed by atoms with E-state index < -0.39 is 0 Å². The van der Waals surface area contributed by atoms with Gasteiger partial charge in [0.2, 0.25) is 0 Å². The van der Waals surface area contributed by atoms with Crippen LogP contribution < -0.4 is 5.73 Å². The number of nitrogen functional groups attached to an aromatic ring is 1. The van der Waals surface area contributed by atoms with Gasteiger partial charge in [0.15, 0.2) is 17.8 Å². The summed E-state index contributed by atoms with van der Waals surface area (Å²) < 4.78 is 2.07. The molecule has 5 aromatic rings. The van der Waals surface area contributed by atoms with Crippen LogP contribution >= 0.6 is 0 Å². The van der Waals surface area contributed by atoms with Crippen LogP contribution in [0.5, 0.6) is 5.75 Å². The first-order valence-electron chi connectivity index (χ1n) is 15.7. The van der Waals surface area contributed by atoms with Crippen molar-refractivity contribution in [1.82, 2.24) is 29.3 Å². The molecule has 46 heavy (non-hydrogen) atoms. The van der Waals surface area contributed by atoms with Gasteiger partial charge in [0.25, 0.3) is 5.91 Å². The third-order valence-electron chi connectivity index (χ3n) is 8.87. The molecule has 7 rings (SSSR count). The Balaban J connectivity index is 1.11.